The summed E-state index contributed by atoms with van der Waals surface area (Å²) >= 11 is 8.88. The molecule has 0 aliphatic carbocycles. The Morgan fingerprint density at radius 1 is 1.30 bits per heavy atom. The number of carbonyl (C=O) groups excluding carboxylic acids is 1. The normalized spacial score (nSPS) is 10.4. The zero-order chi connectivity index (χ0) is 14.9. The Morgan fingerprint density at radius 3 is 2.65 bits per heavy atom. The Bertz CT molecular complexity index is 694. The number of pyridine rings is 1. The second-order valence-electron chi connectivity index (χ2n) is 4.03. The summed E-state index contributed by atoms with van der Waals surface area (Å²) in [4.78, 5) is 15.8. The highest BCUT2D eigenvalue weighted by molar-refractivity contribution is 9.10. The largest absolute Gasteiger partial charge is 0.320 e. The van der Waals surface area contributed by atoms with Crippen LogP contribution in [0.15, 0.2) is 28.9 Å². The van der Waals surface area contributed by atoms with Crippen LogP contribution in [0.5, 0.6) is 0 Å². The number of rotatable bonds is 2. The lowest BCUT2D eigenvalue weighted by Crippen LogP contribution is -2.14. The molecule has 1 amide bonds. The first-order valence-electron chi connectivity index (χ1n) is 5.46. The Hall–Kier alpha value is -1.53. The van der Waals surface area contributed by atoms with Crippen LogP contribution in [-0.2, 0) is 0 Å². The lowest BCUT2D eigenvalue weighted by atomic mass is 10.1. The van der Waals surface area contributed by atoms with E-state index in [1.54, 1.807) is 0 Å². The minimum Gasteiger partial charge on any atom is -0.320 e. The summed E-state index contributed by atoms with van der Waals surface area (Å²) in [5, 5.41) is 2.70. The van der Waals surface area contributed by atoms with Gasteiger partial charge < -0.3 is 5.32 Å². The third-order valence-corrected chi connectivity index (χ3v) is 3.68. The van der Waals surface area contributed by atoms with Crippen molar-refractivity contribution < 1.29 is 13.6 Å². The lowest BCUT2D eigenvalue weighted by molar-refractivity contribution is 0.102. The van der Waals surface area contributed by atoms with Crippen LogP contribution in [0.4, 0.5) is 14.5 Å². The number of halogens is 4. The zero-order valence-corrected chi connectivity index (χ0v) is 12.5. The molecule has 0 bridgehead atoms. The van der Waals surface area contributed by atoms with E-state index in [2.05, 4.69) is 26.2 Å². The van der Waals surface area contributed by atoms with E-state index in [-0.39, 0.29) is 16.3 Å². The molecule has 1 N–H and O–H groups in total. The summed E-state index contributed by atoms with van der Waals surface area (Å²) in [6.07, 6.45) is 1.33. The van der Waals surface area contributed by atoms with Gasteiger partial charge in [-0.25, -0.2) is 13.8 Å². The molecule has 0 unspecified atom stereocenters. The maximum atomic E-state index is 13.6. The summed E-state index contributed by atoms with van der Waals surface area (Å²) in [6, 6.07) is 3.36. The molecular weight excluding hydrogens is 354 g/mol. The third-order valence-electron chi connectivity index (χ3n) is 2.55. The molecule has 0 fully saturated rings. The van der Waals surface area contributed by atoms with Gasteiger partial charge in [0.1, 0.15) is 16.8 Å². The molecule has 0 spiro atoms. The highest BCUT2D eigenvalue weighted by Crippen LogP contribution is 2.23. The molecule has 20 heavy (non-hydrogen) atoms. The number of amides is 1. The van der Waals surface area contributed by atoms with Crippen LogP contribution < -0.4 is 5.32 Å². The summed E-state index contributed by atoms with van der Waals surface area (Å²) in [5.74, 6) is -2.32. The van der Waals surface area contributed by atoms with Crippen molar-refractivity contribution in [2.24, 2.45) is 0 Å². The van der Waals surface area contributed by atoms with Gasteiger partial charge in [-0.05, 0) is 40.5 Å². The quantitative estimate of drug-likeness (QED) is 0.809. The van der Waals surface area contributed by atoms with E-state index in [4.69, 9.17) is 11.6 Å². The summed E-state index contributed by atoms with van der Waals surface area (Å²) in [6.45, 7) is 1.45. The van der Waals surface area contributed by atoms with Crippen molar-refractivity contribution in [3.8, 4) is 0 Å². The summed E-state index contributed by atoms with van der Waals surface area (Å²) in [5.41, 5.74) is 0.287. The minimum atomic E-state index is -0.924. The van der Waals surface area contributed by atoms with E-state index in [0.29, 0.717) is 16.2 Å². The van der Waals surface area contributed by atoms with E-state index in [1.807, 2.05) is 0 Å². The van der Waals surface area contributed by atoms with Crippen LogP contribution in [0, 0.1) is 18.6 Å². The molecule has 104 valence electrons. The Morgan fingerprint density at radius 2 is 2.00 bits per heavy atom. The lowest BCUT2D eigenvalue weighted by Gasteiger charge is -2.08. The summed E-state index contributed by atoms with van der Waals surface area (Å²) in [7, 11) is 0. The van der Waals surface area contributed by atoms with Crippen molar-refractivity contribution in [1.82, 2.24) is 4.98 Å². The molecule has 7 heteroatoms. The molecule has 0 aliphatic heterocycles. The van der Waals surface area contributed by atoms with Crippen molar-refractivity contribution in [1.29, 1.82) is 0 Å². The Kier molecular flexibility index (Phi) is 4.35. The average molecular weight is 362 g/mol. The number of nitrogens with zero attached hydrogens (tertiary/aromatic N) is 1. The molecule has 0 aliphatic rings. The number of anilines is 1. The van der Waals surface area contributed by atoms with Crippen LogP contribution in [0.25, 0.3) is 0 Å². The first-order valence-corrected chi connectivity index (χ1v) is 6.63. The highest BCUT2D eigenvalue weighted by Gasteiger charge is 2.15. The van der Waals surface area contributed by atoms with Gasteiger partial charge in [-0.3, -0.25) is 4.79 Å². The fraction of sp³-hybridized carbons (Fsp3) is 0.0769. The van der Waals surface area contributed by atoms with Crippen molar-refractivity contribution in [2.45, 2.75) is 6.92 Å². The predicted molar refractivity (Wildman–Crippen MR) is 76.0 cm³/mol. The molecule has 1 aromatic heterocycles. The van der Waals surface area contributed by atoms with Crippen LogP contribution in [0.1, 0.15) is 15.9 Å². The molecule has 0 saturated heterocycles. The molecule has 2 rings (SSSR count). The number of benzene rings is 1. The highest BCUT2D eigenvalue weighted by atomic mass is 79.9. The first-order chi connectivity index (χ1) is 9.38. The smallest absolute Gasteiger partial charge is 0.258 e. The minimum absolute atomic E-state index is 0.187. The van der Waals surface area contributed by atoms with E-state index in [9.17, 15) is 13.6 Å². The fourth-order valence-electron chi connectivity index (χ4n) is 1.52. The number of carbonyl (C=O) groups is 1. The molecule has 0 radical (unpaired) electrons. The van der Waals surface area contributed by atoms with Gasteiger partial charge in [-0.1, -0.05) is 11.6 Å². The van der Waals surface area contributed by atoms with Crippen molar-refractivity contribution in [3.63, 3.8) is 0 Å². The molecule has 1 aromatic carbocycles. The first kappa shape index (κ1) is 14.9. The monoisotopic (exact) mass is 360 g/mol. The van der Waals surface area contributed by atoms with Crippen molar-refractivity contribution in [2.75, 3.05) is 5.32 Å². The molecule has 2 aromatic rings. The van der Waals surface area contributed by atoms with Gasteiger partial charge in [-0.15, -0.1) is 0 Å². The average Bonchev–Trinajstić information content (AvgIpc) is 2.38. The van der Waals surface area contributed by atoms with Crippen LogP contribution in [-0.4, -0.2) is 10.9 Å². The van der Waals surface area contributed by atoms with E-state index >= 15 is 0 Å². The van der Waals surface area contributed by atoms with E-state index in [1.165, 1.54) is 19.2 Å². The fourth-order valence-corrected chi connectivity index (χ4v) is 1.97. The van der Waals surface area contributed by atoms with Gasteiger partial charge in [0.25, 0.3) is 5.91 Å². The standard InChI is InChI=1S/C13H8BrClF2N2O/c1-6-2-8(11(17)4-10(6)16)13(20)19-7-3-9(14)12(15)18-5-7/h2-5H,1H3,(H,19,20). The predicted octanol–water partition coefficient (Wildman–Crippen LogP) is 4.34. The van der Waals surface area contributed by atoms with E-state index < -0.39 is 17.5 Å². The molecular formula is C13H8BrClF2N2O. The van der Waals surface area contributed by atoms with Gasteiger partial charge in [-0.2, -0.15) is 0 Å². The Balaban J connectivity index is 2.28. The van der Waals surface area contributed by atoms with Crippen LogP contribution in [0.3, 0.4) is 0 Å². The van der Waals surface area contributed by atoms with Gasteiger partial charge in [0.15, 0.2) is 0 Å². The molecule has 0 atom stereocenters. The Labute approximate surface area is 127 Å². The maximum absolute atomic E-state index is 13.6. The number of hydrogen-bond acceptors (Lipinski definition) is 2. The second-order valence-corrected chi connectivity index (χ2v) is 5.24. The van der Waals surface area contributed by atoms with Crippen LogP contribution in [0.2, 0.25) is 5.15 Å². The van der Waals surface area contributed by atoms with Crippen molar-refractivity contribution >= 4 is 39.1 Å². The summed E-state index contributed by atoms with van der Waals surface area (Å²) < 4.78 is 27.2. The van der Waals surface area contributed by atoms with Gasteiger partial charge in [0.05, 0.1) is 21.9 Å². The number of nitrogens with one attached hydrogen (secondary N) is 1. The van der Waals surface area contributed by atoms with Gasteiger partial charge >= 0.3 is 0 Å². The SMILES string of the molecule is Cc1cc(C(=O)Nc2cnc(Cl)c(Br)c2)c(F)cc1F. The molecule has 3 nitrogen and oxygen atoms in total. The second kappa shape index (κ2) is 5.85. The van der Waals surface area contributed by atoms with Crippen LogP contribution >= 0.6 is 27.5 Å². The van der Waals surface area contributed by atoms with Gasteiger partial charge in [0, 0.05) is 6.07 Å². The van der Waals surface area contributed by atoms with Crippen molar-refractivity contribution in [3.05, 3.63) is 56.8 Å². The molecule has 1 heterocycles. The zero-order valence-electron chi connectivity index (χ0n) is 10.2. The van der Waals surface area contributed by atoms with Gasteiger partial charge in [0.2, 0.25) is 0 Å². The third kappa shape index (κ3) is 3.13. The maximum Gasteiger partial charge on any atom is 0.258 e. The number of hydrogen-bond donors (Lipinski definition) is 1. The van der Waals surface area contributed by atoms with E-state index in [0.717, 1.165) is 6.07 Å². The number of aromatic nitrogens is 1. The topological polar surface area (TPSA) is 42.0 Å². The molecule has 0 saturated carbocycles. The number of aryl methyl sites for hydroxylation is 1.